The summed E-state index contributed by atoms with van der Waals surface area (Å²) < 4.78 is 9.94. The maximum absolute atomic E-state index is 11.1. The summed E-state index contributed by atoms with van der Waals surface area (Å²) in [6.07, 6.45) is 0.481. The Morgan fingerprint density at radius 2 is 2.00 bits per heavy atom. The van der Waals surface area contributed by atoms with Crippen LogP contribution in [0.3, 0.4) is 0 Å². The monoisotopic (exact) mass is 254 g/mol. The van der Waals surface area contributed by atoms with Crippen LogP contribution in [0.25, 0.3) is 0 Å². The normalized spacial score (nSPS) is 10.0. The van der Waals surface area contributed by atoms with E-state index < -0.39 is 0 Å². The molecule has 3 nitrogen and oxygen atoms in total. The number of hydrogen-bond donors (Lipinski definition) is 0. The average Bonchev–Trinajstić information content (AvgIpc) is 2.36. The van der Waals surface area contributed by atoms with Gasteiger partial charge >= 0.3 is 5.97 Å². The molecule has 0 atom stereocenters. The molecule has 1 rings (SSSR count). The zero-order valence-electron chi connectivity index (χ0n) is 10.3. The van der Waals surface area contributed by atoms with Crippen LogP contribution in [0.2, 0.25) is 0 Å². The highest BCUT2D eigenvalue weighted by Crippen LogP contribution is 2.17. The molecule has 0 saturated heterocycles. The SMILES string of the molecule is CCOC(=O)CCSCc1ccc(OC)cc1. The zero-order chi connectivity index (χ0) is 12.5. The fourth-order valence-corrected chi connectivity index (χ4v) is 2.18. The molecule has 94 valence electrons. The van der Waals surface area contributed by atoms with Gasteiger partial charge in [0, 0.05) is 11.5 Å². The first-order valence-corrected chi connectivity index (χ1v) is 6.78. The summed E-state index contributed by atoms with van der Waals surface area (Å²) in [5.74, 6) is 2.45. The van der Waals surface area contributed by atoms with Gasteiger partial charge in [-0.15, -0.1) is 0 Å². The van der Waals surface area contributed by atoms with Crippen molar-refractivity contribution >= 4 is 17.7 Å². The lowest BCUT2D eigenvalue weighted by atomic mass is 10.2. The number of hydrogen-bond acceptors (Lipinski definition) is 4. The molecule has 0 amide bonds. The Labute approximate surface area is 106 Å². The van der Waals surface area contributed by atoms with Gasteiger partial charge in [-0.3, -0.25) is 4.79 Å². The van der Waals surface area contributed by atoms with E-state index in [0.29, 0.717) is 13.0 Å². The Bertz CT molecular complexity index is 335. The van der Waals surface area contributed by atoms with E-state index in [1.807, 2.05) is 31.2 Å². The van der Waals surface area contributed by atoms with Crippen molar-refractivity contribution in [2.24, 2.45) is 0 Å². The zero-order valence-corrected chi connectivity index (χ0v) is 11.1. The van der Waals surface area contributed by atoms with Gasteiger partial charge < -0.3 is 9.47 Å². The number of carbonyl (C=O) groups excluding carboxylic acids is 1. The first-order chi connectivity index (χ1) is 8.26. The Hall–Kier alpha value is -1.16. The molecule has 0 bridgehead atoms. The molecule has 0 aliphatic heterocycles. The third-order valence-corrected chi connectivity index (χ3v) is 3.21. The van der Waals surface area contributed by atoms with E-state index in [-0.39, 0.29) is 5.97 Å². The molecule has 1 aromatic carbocycles. The van der Waals surface area contributed by atoms with Crippen LogP contribution in [0.4, 0.5) is 0 Å². The molecule has 4 heteroatoms. The highest BCUT2D eigenvalue weighted by molar-refractivity contribution is 7.98. The second-order valence-electron chi connectivity index (χ2n) is 3.46. The fraction of sp³-hybridized carbons (Fsp3) is 0.462. The van der Waals surface area contributed by atoms with Gasteiger partial charge in [0.15, 0.2) is 0 Å². The summed E-state index contributed by atoms with van der Waals surface area (Å²) in [4.78, 5) is 11.1. The van der Waals surface area contributed by atoms with Crippen molar-refractivity contribution in [1.82, 2.24) is 0 Å². The van der Waals surface area contributed by atoms with Crippen LogP contribution < -0.4 is 4.74 Å². The lowest BCUT2D eigenvalue weighted by Crippen LogP contribution is -2.04. The van der Waals surface area contributed by atoms with Crippen LogP contribution in [0.1, 0.15) is 18.9 Å². The van der Waals surface area contributed by atoms with Crippen molar-refractivity contribution in [3.8, 4) is 5.75 Å². The van der Waals surface area contributed by atoms with Crippen molar-refractivity contribution in [1.29, 1.82) is 0 Å². The Balaban J connectivity index is 2.19. The summed E-state index contributed by atoms with van der Waals surface area (Å²) in [7, 11) is 1.66. The maximum atomic E-state index is 11.1. The smallest absolute Gasteiger partial charge is 0.306 e. The van der Waals surface area contributed by atoms with Gasteiger partial charge in [0.2, 0.25) is 0 Å². The largest absolute Gasteiger partial charge is 0.497 e. The van der Waals surface area contributed by atoms with Gasteiger partial charge in [0.1, 0.15) is 5.75 Å². The van der Waals surface area contributed by atoms with E-state index >= 15 is 0 Å². The van der Waals surface area contributed by atoms with Crippen molar-refractivity contribution in [2.75, 3.05) is 19.5 Å². The molecule has 0 radical (unpaired) electrons. The number of rotatable bonds is 7. The number of thioether (sulfide) groups is 1. The minimum Gasteiger partial charge on any atom is -0.497 e. The van der Waals surface area contributed by atoms with Crippen LogP contribution in [-0.4, -0.2) is 25.4 Å². The number of methoxy groups -OCH3 is 1. The van der Waals surface area contributed by atoms with Crippen molar-refractivity contribution in [3.05, 3.63) is 29.8 Å². The highest BCUT2D eigenvalue weighted by atomic mass is 32.2. The molecule has 0 aliphatic rings. The van der Waals surface area contributed by atoms with Crippen LogP contribution >= 0.6 is 11.8 Å². The molecule has 1 aromatic rings. The molecule has 0 saturated carbocycles. The standard InChI is InChI=1S/C13H18O3S/c1-3-16-13(14)8-9-17-10-11-4-6-12(15-2)7-5-11/h4-7H,3,8-10H2,1-2H3. The lowest BCUT2D eigenvalue weighted by Gasteiger charge is -2.04. The molecule has 0 spiro atoms. The Kier molecular flexibility index (Phi) is 6.55. The van der Waals surface area contributed by atoms with Crippen LogP contribution in [0.15, 0.2) is 24.3 Å². The second-order valence-corrected chi connectivity index (χ2v) is 4.56. The number of esters is 1. The highest BCUT2D eigenvalue weighted by Gasteiger charge is 2.01. The van der Waals surface area contributed by atoms with Crippen LogP contribution in [-0.2, 0) is 15.3 Å². The molecular weight excluding hydrogens is 236 g/mol. The van der Waals surface area contributed by atoms with Crippen molar-refractivity contribution in [3.63, 3.8) is 0 Å². The quantitative estimate of drug-likeness (QED) is 0.553. The summed E-state index contributed by atoms with van der Waals surface area (Å²) >= 11 is 1.73. The number of carbonyl (C=O) groups is 1. The summed E-state index contributed by atoms with van der Waals surface area (Å²) in [6, 6.07) is 7.97. The van der Waals surface area contributed by atoms with Crippen molar-refractivity contribution < 1.29 is 14.3 Å². The fourth-order valence-electron chi connectivity index (χ4n) is 1.30. The third kappa shape index (κ3) is 5.63. The van der Waals surface area contributed by atoms with Crippen LogP contribution in [0.5, 0.6) is 5.75 Å². The van der Waals surface area contributed by atoms with E-state index in [9.17, 15) is 4.79 Å². The van der Waals surface area contributed by atoms with E-state index in [2.05, 4.69) is 0 Å². The molecule has 0 N–H and O–H groups in total. The van der Waals surface area contributed by atoms with Gasteiger partial charge in [-0.25, -0.2) is 0 Å². The summed E-state index contributed by atoms with van der Waals surface area (Å²) in [5.41, 5.74) is 1.24. The topological polar surface area (TPSA) is 35.5 Å². The molecule has 0 heterocycles. The molecule has 0 fully saturated rings. The third-order valence-electron chi connectivity index (χ3n) is 2.18. The van der Waals surface area contributed by atoms with Gasteiger partial charge in [0.05, 0.1) is 20.1 Å². The minimum absolute atomic E-state index is 0.116. The number of benzene rings is 1. The molecule has 0 aromatic heterocycles. The number of ether oxygens (including phenoxy) is 2. The predicted molar refractivity (Wildman–Crippen MR) is 70.4 cm³/mol. The van der Waals surface area contributed by atoms with Gasteiger partial charge in [-0.05, 0) is 24.6 Å². The van der Waals surface area contributed by atoms with Crippen molar-refractivity contribution in [2.45, 2.75) is 19.1 Å². The predicted octanol–water partition coefficient (Wildman–Crippen LogP) is 2.88. The van der Waals surface area contributed by atoms with Gasteiger partial charge in [0.25, 0.3) is 0 Å². The van der Waals surface area contributed by atoms with E-state index in [4.69, 9.17) is 9.47 Å². The van der Waals surface area contributed by atoms with Crippen LogP contribution in [0, 0.1) is 0 Å². The first-order valence-electron chi connectivity index (χ1n) is 5.62. The minimum atomic E-state index is -0.116. The molecule has 17 heavy (non-hydrogen) atoms. The van der Waals surface area contributed by atoms with E-state index in [1.54, 1.807) is 18.9 Å². The Morgan fingerprint density at radius 3 is 2.59 bits per heavy atom. The van der Waals surface area contributed by atoms with Gasteiger partial charge in [-0.2, -0.15) is 11.8 Å². The Morgan fingerprint density at radius 1 is 1.29 bits per heavy atom. The molecule has 0 aliphatic carbocycles. The molecular formula is C13H18O3S. The maximum Gasteiger partial charge on any atom is 0.306 e. The molecule has 0 unspecified atom stereocenters. The second kappa shape index (κ2) is 8.01. The summed E-state index contributed by atoms with van der Waals surface area (Å²) in [5, 5.41) is 0. The van der Waals surface area contributed by atoms with E-state index in [0.717, 1.165) is 17.3 Å². The van der Waals surface area contributed by atoms with Gasteiger partial charge in [-0.1, -0.05) is 12.1 Å². The average molecular weight is 254 g/mol. The lowest BCUT2D eigenvalue weighted by molar-refractivity contribution is -0.142. The van der Waals surface area contributed by atoms with E-state index in [1.165, 1.54) is 5.56 Å². The first kappa shape index (κ1) is 13.9. The summed E-state index contributed by atoms with van der Waals surface area (Å²) in [6.45, 7) is 2.28.